The van der Waals surface area contributed by atoms with Crippen molar-refractivity contribution < 1.29 is 19.0 Å². The highest BCUT2D eigenvalue weighted by atomic mass is 79.9. The van der Waals surface area contributed by atoms with Crippen LogP contribution in [0.25, 0.3) is 0 Å². The number of amides is 1. The summed E-state index contributed by atoms with van der Waals surface area (Å²) in [5.41, 5.74) is 1.53. The number of hydrogen-bond donors (Lipinski definition) is 1. The van der Waals surface area contributed by atoms with Crippen molar-refractivity contribution in [3.05, 3.63) is 58.1 Å². The Kier molecular flexibility index (Phi) is 7.28. The maximum absolute atomic E-state index is 12.4. The number of carbonyl (C=O) groups excluding carboxylic acids is 1. The Hall–Kier alpha value is -2.05. The lowest BCUT2D eigenvalue weighted by molar-refractivity contribution is 0.0939. The molecule has 1 unspecified atom stereocenters. The van der Waals surface area contributed by atoms with E-state index in [9.17, 15) is 4.79 Å². The Morgan fingerprint density at radius 3 is 2.56 bits per heavy atom. The molecule has 6 heteroatoms. The zero-order chi connectivity index (χ0) is 18.2. The van der Waals surface area contributed by atoms with Crippen molar-refractivity contribution in [2.75, 3.05) is 27.4 Å². The molecule has 0 aliphatic heterocycles. The first-order chi connectivity index (χ1) is 12.1. The minimum atomic E-state index is -0.179. The first-order valence-electron chi connectivity index (χ1n) is 7.92. The monoisotopic (exact) mass is 407 g/mol. The van der Waals surface area contributed by atoms with E-state index in [1.54, 1.807) is 20.3 Å². The van der Waals surface area contributed by atoms with Crippen molar-refractivity contribution in [3.63, 3.8) is 0 Å². The molecule has 0 heterocycles. The van der Waals surface area contributed by atoms with Gasteiger partial charge in [-0.1, -0.05) is 18.2 Å². The Balaban J connectivity index is 2.09. The molecule has 5 nitrogen and oxygen atoms in total. The second-order valence-corrected chi connectivity index (χ2v) is 6.28. The molecule has 0 aliphatic carbocycles. The predicted octanol–water partition coefficient (Wildman–Crippen LogP) is 3.97. The number of methoxy groups -OCH3 is 2. The van der Waals surface area contributed by atoms with Crippen molar-refractivity contribution in [3.8, 4) is 11.5 Å². The number of halogens is 1. The van der Waals surface area contributed by atoms with Gasteiger partial charge in [0, 0.05) is 11.6 Å². The van der Waals surface area contributed by atoms with Gasteiger partial charge in [-0.05, 0) is 52.7 Å². The Bertz CT molecular complexity index is 720. The van der Waals surface area contributed by atoms with E-state index in [0.29, 0.717) is 30.3 Å². The second kappa shape index (κ2) is 9.44. The fraction of sp³-hybridized carbons (Fsp3) is 0.316. The van der Waals surface area contributed by atoms with Gasteiger partial charge in [0.15, 0.2) is 11.5 Å². The van der Waals surface area contributed by atoms with Crippen LogP contribution in [0.3, 0.4) is 0 Å². The van der Waals surface area contributed by atoms with Crippen LogP contribution in [0, 0.1) is 0 Å². The summed E-state index contributed by atoms with van der Waals surface area (Å²) in [6.45, 7) is 2.87. The van der Waals surface area contributed by atoms with Gasteiger partial charge >= 0.3 is 0 Å². The molecule has 134 valence electrons. The highest BCUT2D eigenvalue weighted by molar-refractivity contribution is 9.10. The molecular weight excluding hydrogens is 386 g/mol. The predicted molar refractivity (Wildman–Crippen MR) is 100 cm³/mol. The lowest BCUT2D eigenvalue weighted by atomic mass is 10.1. The summed E-state index contributed by atoms with van der Waals surface area (Å²) in [6, 6.07) is 12.8. The number of ether oxygens (including phenoxy) is 3. The smallest absolute Gasteiger partial charge is 0.252 e. The van der Waals surface area contributed by atoms with E-state index in [-0.39, 0.29) is 11.9 Å². The standard InChI is InChI=1S/C19H22BrNO4/c1-13(21-19(22)15-6-4-5-7-16(15)20)14-8-9-17(18(12-14)24-3)25-11-10-23-2/h4-9,12-13H,10-11H2,1-3H3,(H,21,22). The number of rotatable bonds is 8. The molecule has 0 fully saturated rings. The number of carbonyl (C=O) groups is 1. The van der Waals surface area contributed by atoms with Crippen LogP contribution in [-0.2, 0) is 4.74 Å². The molecule has 2 aromatic carbocycles. The summed E-state index contributed by atoms with van der Waals surface area (Å²) >= 11 is 3.40. The third-order valence-electron chi connectivity index (χ3n) is 3.70. The summed E-state index contributed by atoms with van der Waals surface area (Å²) in [5, 5.41) is 2.99. The summed E-state index contributed by atoms with van der Waals surface area (Å²) in [6.07, 6.45) is 0. The van der Waals surface area contributed by atoms with Crippen molar-refractivity contribution in [1.82, 2.24) is 5.32 Å². The minimum absolute atomic E-state index is 0.139. The Morgan fingerprint density at radius 1 is 1.12 bits per heavy atom. The van der Waals surface area contributed by atoms with Gasteiger partial charge in [0.2, 0.25) is 0 Å². The SMILES string of the molecule is COCCOc1ccc(C(C)NC(=O)c2ccccc2Br)cc1OC. The Labute approximate surface area is 156 Å². The van der Waals surface area contributed by atoms with Crippen LogP contribution in [0.2, 0.25) is 0 Å². The van der Waals surface area contributed by atoms with E-state index in [1.807, 2.05) is 43.3 Å². The topological polar surface area (TPSA) is 56.8 Å². The molecular formula is C19H22BrNO4. The highest BCUT2D eigenvalue weighted by Crippen LogP contribution is 2.30. The summed E-state index contributed by atoms with van der Waals surface area (Å²) in [4.78, 5) is 12.4. The molecule has 1 atom stereocenters. The molecule has 1 N–H and O–H groups in total. The lowest BCUT2D eigenvalue weighted by Gasteiger charge is -2.17. The molecule has 0 aromatic heterocycles. The lowest BCUT2D eigenvalue weighted by Crippen LogP contribution is -2.27. The first-order valence-corrected chi connectivity index (χ1v) is 8.71. The van der Waals surface area contributed by atoms with Crippen LogP contribution in [-0.4, -0.2) is 33.3 Å². The normalized spacial score (nSPS) is 11.7. The van der Waals surface area contributed by atoms with Gasteiger partial charge in [-0.15, -0.1) is 0 Å². The molecule has 2 rings (SSSR count). The molecule has 25 heavy (non-hydrogen) atoms. The van der Waals surface area contributed by atoms with E-state index < -0.39 is 0 Å². The molecule has 0 spiro atoms. The fourth-order valence-electron chi connectivity index (χ4n) is 2.31. The van der Waals surface area contributed by atoms with Gasteiger partial charge in [-0.25, -0.2) is 0 Å². The molecule has 1 amide bonds. The summed E-state index contributed by atoms with van der Waals surface area (Å²) in [7, 11) is 3.21. The van der Waals surface area contributed by atoms with Gasteiger partial charge in [-0.2, -0.15) is 0 Å². The quantitative estimate of drug-likeness (QED) is 0.672. The van der Waals surface area contributed by atoms with Crippen LogP contribution in [0.15, 0.2) is 46.9 Å². The van der Waals surface area contributed by atoms with Crippen LogP contribution in [0.1, 0.15) is 28.9 Å². The fourth-order valence-corrected chi connectivity index (χ4v) is 2.78. The van der Waals surface area contributed by atoms with Gasteiger partial charge in [0.05, 0.1) is 25.3 Å². The van der Waals surface area contributed by atoms with Gasteiger partial charge < -0.3 is 19.5 Å². The highest BCUT2D eigenvalue weighted by Gasteiger charge is 2.15. The molecule has 0 bridgehead atoms. The number of nitrogens with one attached hydrogen (secondary N) is 1. The van der Waals surface area contributed by atoms with Crippen LogP contribution < -0.4 is 14.8 Å². The molecule has 0 saturated carbocycles. The van der Waals surface area contributed by atoms with Crippen molar-refractivity contribution in [2.24, 2.45) is 0 Å². The largest absolute Gasteiger partial charge is 0.493 e. The van der Waals surface area contributed by atoms with E-state index in [2.05, 4.69) is 21.2 Å². The zero-order valence-electron chi connectivity index (χ0n) is 14.5. The maximum Gasteiger partial charge on any atom is 0.252 e. The summed E-state index contributed by atoms with van der Waals surface area (Å²) in [5.74, 6) is 1.13. The van der Waals surface area contributed by atoms with Crippen molar-refractivity contribution in [1.29, 1.82) is 0 Å². The van der Waals surface area contributed by atoms with E-state index in [0.717, 1.165) is 10.0 Å². The van der Waals surface area contributed by atoms with Gasteiger partial charge in [-0.3, -0.25) is 4.79 Å². The third kappa shape index (κ3) is 5.21. The van der Waals surface area contributed by atoms with Crippen LogP contribution in [0.4, 0.5) is 0 Å². The van der Waals surface area contributed by atoms with E-state index in [1.165, 1.54) is 0 Å². The molecule has 2 aromatic rings. The Morgan fingerprint density at radius 2 is 1.88 bits per heavy atom. The second-order valence-electron chi connectivity index (χ2n) is 5.43. The van der Waals surface area contributed by atoms with E-state index in [4.69, 9.17) is 14.2 Å². The zero-order valence-corrected chi connectivity index (χ0v) is 16.1. The van der Waals surface area contributed by atoms with Crippen molar-refractivity contribution >= 4 is 21.8 Å². The molecule has 0 saturated heterocycles. The number of benzene rings is 2. The maximum atomic E-state index is 12.4. The van der Waals surface area contributed by atoms with Crippen LogP contribution >= 0.6 is 15.9 Å². The number of hydrogen-bond acceptors (Lipinski definition) is 4. The van der Waals surface area contributed by atoms with Gasteiger partial charge in [0.1, 0.15) is 6.61 Å². The summed E-state index contributed by atoms with van der Waals surface area (Å²) < 4.78 is 16.8. The average Bonchev–Trinajstić information content (AvgIpc) is 2.62. The van der Waals surface area contributed by atoms with Crippen molar-refractivity contribution in [2.45, 2.75) is 13.0 Å². The molecule has 0 radical (unpaired) electrons. The van der Waals surface area contributed by atoms with Crippen LogP contribution in [0.5, 0.6) is 11.5 Å². The average molecular weight is 408 g/mol. The van der Waals surface area contributed by atoms with Gasteiger partial charge in [0.25, 0.3) is 5.91 Å². The first kappa shape index (κ1) is 19.3. The minimum Gasteiger partial charge on any atom is -0.493 e. The van der Waals surface area contributed by atoms with E-state index >= 15 is 0 Å². The molecule has 0 aliphatic rings. The third-order valence-corrected chi connectivity index (χ3v) is 4.39.